The van der Waals surface area contributed by atoms with Crippen LogP contribution in [0.25, 0.3) is 0 Å². The second-order valence-corrected chi connectivity index (χ2v) is 9.67. The Morgan fingerprint density at radius 3 is 1.43 bits per heavy atom. The van der Waals surface area contributed by atoms with Gasteiger partial charge in [-0.15, -0.1) is 0 Å². The van der Waals surface area contributed by atoms with Gasteiger partial charge in [0.15, 0.2) is 0 Å². The van der Waals surface area contributed by atoms with Gasteiger partial charge in [-0.25, -0.2) is 0 Å². The summed E-state index contributed by atoms with van der Waals surface area (Å²) in [6.45, 7) is 24.2. The molecule has 0 N–H and O–H groups in total. The van der Waals surface area contributed by atoms with Crippen molar-refractivity contribution in [3.63, 3.8) is 0 Å². The lowest BCUT2D eigenvalue weighted by Gasteiger charge is -2.38. The molecule has 0 saturated carbocycles. The first kappa shape index (κ1) is 32.6. The maximum absolute atomic E-state index is 5.42. The van der Waals surface area contributed by atoms with Gasteiger partial charge in [-0.05, 0) is 30.1 Å². The van der Waals surface area contributed by atoms with E-state index in [0.29, 0.717) is 5.92 Å². The zero-order valence-electron chi connectivity index (χ0n) is 22.0. The van der Waals surface area contributed by atoms with E-state index in [9.17, 15) is 0 Å². The molecule has 0 fully saturated rings. The summed E-state index contributed by atoms with van der Waals surface area (Å²) in [7, 11) is 3.58. The maximum Gasteiger partial charge on any atom is 0.0543 e. The molecule has 0 spiro atoms. The highest BCUT2D eigenvalue weighted by molar-refractivity contribution is 4.84. The number of hydrogen-bond acceptors (Lipinski definition) is 2. The molecule has 0 radical (unpaired) electrons. The molecule has 2 atom stereocenters. The van der Waals surface area contributed by atoms with Gasteiger partial charge in [0.25, 0.3) is 0 Å². The van der Waals surface area contributed by atoms with Gasteiger partial charge >= 0.3 is 0 Å². The molecule has 0 amide bonds. The smallest absolute Gasteiger partial charge is 0.0543 e. The summed E-state index contributed by atoms with van der Waals surface area (Å²) in [6.07, 6.45) is 9.15. The summed E-state index contributed by atoms with van der Waals surface area (Å²) in [6, 6.07) is 0. The Bertz CT molecular complexity index is 280. The highest BCUT2D eigenvalue weighted by Gasteiger charge is 2.35. The van der Waals surface area contributed by atoms with E-state index in [2.05, 4.69) is 69.2 Å². The molecule has 0 aromatic carbocycles. The third kappa shape index (κ3) is 19.2. The minimum Gasteiger partial charge on any atom is -0.384 e. The Morgan fingerprint density at radius 1 is 0.679 bits per heavy atom. The van der Waals surface area contributed by atoms with Crippen LogP contribution in [0.3, 0.4) is 0 Å². The van der Waals surface area contributed by atoms with E-state index in [1.807, 2.05) is 0 Å². The second-order valence-electron chi connectivity index (χ2n) is 9.67. The summed E-state index contributed by atoms with van der Waals surface area (Å²) < 4.78 is 10.8. The van der Waals surface area contributed by atoms with Crippen molar-refractivity contribution in [1.82, 2.24) is 0 Å². The third-order valence-corrected chi connectivity index (χ3v) is 5.56. The van der Waals surface area contributed by atoms with Gasteiger partial charge in [0.05, 0.1) is 13.2 Å². The van der Waals surface area contributed by atoms with Crippen LogP contribution in [0.5, 0.6) is 0 Å². The van der Waals surface area contributed by atoms with Gasteiger partial charge in [0.1, 0.15) is 0 Å². The number of rotatable bonds is 13. The lowest BCUT2D eigenvalue weighted by molar-refractivity contribution is -0.0355. The van der Waals surface area contributed by atoms with Crippen molar-refractivity contribution >= 4 is 0 Å². The van der Waals surface area contributed by atoms with E-state index in [1.165, 1.54) is 44.9 Å². The van der Waals surface area contributed by atoms with Crippen molar-refractivity contribution in [2.45, 2.75) is 114 Å². The van der Waals surface area contributed by atoms with E-state index < -0.39 is 0 Å². The molecule has 2 nitrogen and oxygen atoms in total. The first-order chi connectivity index (χ1) is 13.1. The van der Waals surface area contributed by atoms with Crippen LogP contribution in [0.2, 0.25) is 0 Å². The standard InChI is InChI=1S/C14H30O2.C9H20.C3H8/c1-7-8-13(4)9-14(10-15-5,11-16-6)12(2)3;1-5-9(4)7-6-8(2)3;1-3-2/h12-13H,7-11H2,1-6H3;8-9H,5-7H2,1-4H3;3H2,1-2H3. The summed E-state index contributed by atoms with van der Waals surface area (Å²) >= 11 is 0. The van der Waals surface area contributed by atoms with E-state index in [1.54, 1.807) is 14.2 Å². The number of ether oxygens (including phenoxy) is 2. The molecule has 0 aliphatic heterocycles. The van der Waals surface area contributed by atoms with E-state index in [4.69, 9.17) is 9.47 Å². The molecule has 174 valence electrons. The fourth-order valence-electron chi connectivity index (χ4n) is 3.41. The molecule has 2 heteroatoms. The van der Waals surface area contributed by atoms with E-state index >= 15 is 0 Å². The van der Waals surface area contributed by atoms with E-state index in [-0.39, 0.29) is 5.41 Å². The van der Waals surface area contributed by atoms with Crippen LogP contribution in [-0.4, -0.2) is 27.4 Å². The van der Waals surface area contributed by atoms with Crippen molar-refractivity contribution in [3.05, 3.63) is 0 Å². The van der Waals surface area contributed by atoms with E-state index in [0.717, 1.165) is 31.0 Å². The number of hydrogen-bond donors (Lipinski definition) is 0. The molecular formula is C26H58O2. The number of methoxy groups -OCH3 is 2. The SMILES string of the molecule is CCC.CCC(C)CCC(C)C.CCCC(C)CC(COC)(COC)C(C)C. The lowest BCUT2D eigenvalue weighted by Crippen LogP contribution is -2.38. The molecule has 0 aromatic heterocycles. The first-order valence-electron chi connectivity index (χ1n) is 12.1. The van der Waals surface area contributed by atoms with Crippen LogP contribution in [0.4, 0.5) is 0 Å². The summed E-state index contributed by atoms with van der Waals surface area (Å²) in [5, 5.41) is 0. The van der Waals surface area contributed by atoms with Crippen LogP contribution in [0.1, 0.15) is 114 Å². The highest BCUT2D eigenvalue weighted by atomic mass is 16.5. The monoisotopic (exact) mass is 402 g/mol. The minimum absolute atomic E-state index is 0.179. The zero-order valence-corrected chi connectivity index (χ0v) is 22.0. The summed E-state index contributed by atoms with van der Waals surface area (Å²) in [4.78, 5) is 0. The van der Waals surface area contributed by atoms with Gasteiger partial charge in [-0.3, -0.25) is 0 Å². The maximum atomic E-state index is 5.42. The van der Waals surface area contributed by atoms with Crippen molar-refractivity contribution in [2.75, 3.05) is 27.4 Å². The van der Waals surface area contributed by atoms with Gasteiger partial charge < -0.3 is 9.47 Å². The predicted octanol–water partition coefficient (Wildman–Crippen LogP) is 8.63. The average molecular weight is 403 g/mol. The fourth-order valence-corrected chi connectivity index (χ4v) is 3.41. The minimum atomic E-state index is 0.179. The van der Waals surface area contributed by atoms with Crippen LogP contribution >= 0.6 is 0 Å². The van der Waals surface area contributed by atoms with Crippen LogP contribution in [0, 0.1) is 29.1 Å². The van der Waals surface area contributed by atoms with Crippen LogP contribution < -0.4 is 0 Å². The molecular weight excluding hydrogens is 344 g/mol. The summed E-state index contributed by atoms with van der Waals surface area (Å²) in [5.41, 5.74) is 0.179. The van der Waals surface area contributed by atoms with Crippen molar-refractivity contribution in [1.29, 1.82) is 0 Å². The molecule has 2 unspecified atom stereocenters. The lowest BCUT2D eigenvalue weighted by atomic mass is 9.72. The van der Waals surface area contributed by atoms with Gasteiger partial charge in [0, 0.05) is 19.6 Å². The Balaban J connectivity index is -0.000000438. The molecule has 0 heterocycles. The Labute approximate surface area is 180 Å². The van der Waals surface area contributed by atoms with Crippen molar-refractivity contribution < 1.29 is 9.47 Å². The topological polar surface area (TPSA) is 18.5 Å². The molecule has 0 bridgehead atoms. The predicted molar refractivity (Wildman–Crippen MR) is 129 cm³/mol. The van der Waals surface area contributed by atoms with Crippen LogP contribution in [0.15, 0.2) is 0 Å². The quantitative estimate of drug-likeness (QED) is 0.307. The summed E-state index contributed by atoms with van der Waals surface area (Å²) in [5.74, 6) is 3.16. The Morgan fingerprint density at radius 2 is 1.14 bits per heavy atom. The van der Waals surface area contributed by atoms with Crippen molar-refractivity contribution in [2.24, 2.45) is 29.1 Å². The van der Waals surface area contributed by atoms with Crippen molar-refractivity contribution in [3.8, 4) is 0 Å². The molecule has 28 heavy (non-hydrogen) atoms. The highest BCUT2D eigenvalue weighted by Crippen LogP contribution is 2.36. The Kier molecular flexibility index (Phi) is 25.2. The van der Waals surface area contributed by atoms with Crippen LogP contribution in [-0.2, 0) is 9.47 Å². The Hall–Kier alpha value is -0.0800. The largest absolute Gasteiger partial charge is 0.384 e. The zero-order chi connectivity index (χ0) is 22.6. The normalized spacial score (nSPS) is 13.5. The van der Waals surface area contributed by atoms with Gasteiger partial charge in [-0.2, -0.15) is 0 Å². The fraction of sp³-hybridized carbons (Fsp3) is 1.00. The second kappa shape index (κ2) is 21.6. The average Bonchev–Trinajstić information content (AvgIpc) is 2.61. The first-order valence-corrected chi connectivity index (χ1v) is 12.1. The third-order valence-electron chi connectivity index (χ3n) is 5.56. The molecule has 0 aliphatic rings. The molecule has 0 aliphatic carbocycles. The molecule has 0 saturated heterocycles. The van der Waals surface area contributed by atoms with Gasteiger partial charge in [0.2, 0.25) is 0 Å². The molecule has 0 rings (SSSR count). The molecule has 0 aromatic rings. The van der Waals surface area contributed by atoms with Gasteiger partial charge in [-0.1, -0.05) is 108 Å².